The van der Waals surface area contributed by atoms with Crippen LogP contribution in [0, 0.1) is 12.8 Å². The molecule has 2 fully saturated rings. The number of aryl methyl sites for hydroxylation is 1. The summed E-state index contributed by atoms with van der Waals surface area (Å²) < 4.78 is 0. The van der Waals surface area contributed by atoms with E-state index in [-0.39, 0.29) is 29.1 Å². The minimum atomic E-state index is -0.371. The molecule has 1 saturated heterocycles. The summed E-state index contributed by atoms with van der Waals surface area (Å²) in [6, 6.07) is 0. The minimum Gasteiger partial charge on any atom is -0.393 e. The van der Waals surface area contributed by atoms with Crippen LogP contribution < -0.4 is 5.56 Å². The molecule has 2 atom stereocenters. The Morgan fingerprint density at radius 1 is 1.38 bits per heavy atom. The van der Waals surface area contributed by atoms with Gasteiger partial charge in [-0.05, 0) is 32.1 Å². The number of piperidine rings is 1. The molecule has 2 unspecified atom stereocenters. The van der Waals surface area contributed by atoms with Crippen molar-refractivity contribution >= 4 is 5.91 Å². The first-order chi connectivity index (χ1) is 9.97. The molecule has 2 heterocycles. The van der Waals surface area contributed by atoms with Crippen LogP contribution in [-0.2, 0) is 0 Å². The number of carbonyl (C=O) groups excluding carboxylic acids is 1. The fraction of sp³-hybridized carbons (Fsp3) is 0.667. The molecule has 1 aliphatic heterocycles. The summed E-state index contributed by atoms with van der Waals surface area (Å²) >= 11 is 0. The van der Waals surface area contributed by atoms with Gasteiger partial charge in [0.25, 0.3) is 11.5 Å². The summed E-state index contributed by atoms with van der Waals surface area (Å²) in [6.07, 6.45) is 2.29. The van der Waals surface area contributed by atoms with Gasteiger partial charge in [0.1, 0.15) is 11.4 Å². The zero-order valence-electron chi connectivity index (χ0n) is 12.4. The predicted molar refractivity (Wildman–Crippen MR) is 77.3 cm³/mol. The Morgan fingerprint density at radius 3 is 2.67 bits per heavy atom. The molecule has 1 aliphatic carbocycles. The standard InChI is InChI=1S/C15H21N3O3/c1-8-7-18(6-5-11(8)19)15(21)12-9(2)16-13(10-3-4-10)17-14(12)20/h8,10-11,19H,3-7H2,1-2H3,(H,16,17,20). The molecule has 3 rings (SSSR count). The molecule has 1 saturated carbocycles. The predicted octanol–water partition coefficient (Wildman–Crippen LogP) is 0.799. The number of likely N-dealkylation sites (tertiary alicyclic amines) is 1. The lowest BCUT2D eigenvalue weighted by Gasteiger charge is -2.34. The molecule has 0 bridgehead atoms. The Bertz CT molecular complexity index is 621. The number of rotatable bonds is 2. The van der Waals surface area contributed by atoms with Gasteiger partial charge >= 0.3 is 0 Å². The lowest BCUT2D eigenvalue weighted by atomic mass is 9.96. The van der Waals surface area contributed by atoms with Gasteiger partial charge in [-0.2, -0.15) is 0 Å². The fourth-order valence-electron chi connectivity index (χ4n) is 2.89. The number of amides is 1. The fourth-order valence-corrected chi connectivity index (χ4v) is 2.89. The lowest BCUT2D eigenvalue weighted by Crippen LogP contribution is -2.46. The van der Waals surface area contributed by atoms with Crippen LogP contribution in [-0.4, -0.2) is 45.1 Å². The number of hydrogen-bond acceptors (Lipinski definition) is 4. The smallest absolute Gasteiger partial charge is 0.264 e. The molecule has 1 aromatic heterocycles. The highest BCUT2D eigenvalue weighted by atomic mass is 16.3. The number of aromatic amines is 1. The van der Waals surface area contributed by atoms with Crippen LogP contribution in [0.2, 0.25) is 0 Å². The van der Waals surface area contributed by atoms with Crippen molar-refractivity contribution in [3.05, 3.63) is 27.4 Å². The zero-order valence-corrected chi connectivity index (χ0v) is 12.4. The molecule has 2 N–H and O–H groups in total. The molecule has 6 nitrogen and oxygen atoms in total. The van der Waals surface area contributed by atoms with Gasteiger partial charge in [-0.15, -0.1) is 0 Å². The van der Waals surface area contributed by atoms with Crippen molar-refractivity contribution < 1.29 is 9.90 Å². The molecule has 0 aromatic carbocycles. The van der Waals surface area contributed by atoms with E-state index in [9.17, 15) is 14.7 Å². The average Bonchev–Trinajstić information content (AvgIpc) is 3.25. The third-order valence-electron chi connectivity index (χ3n) is 4.44. The number of H-pyrrole nitrogens is 1. The van der Waals surface area contributed by atoms with Gasteiger partial charge in [0.2, 0.25) is 0 Å². The third kappa shape index (κ3) is 2.72. The summed E-state index contributed by atoms with van der Waals surface area (Å²) in [7, 11) is 0. The first-order valence-corrected chi connectivity index (χ1v) is 7.55. The van der Waals surface area contributed by atoms with Crippen LogP contribution in [0.25, 0.3) is 0 Å². The van der Waals surface area contributed by atoms with E-state index in [2.05, 4.69) is 9.97 Å². The zero-order chi connectivity index (χ0) is 15.1. The number of carbonyl (C=O) groups is 1. The average molecular weight is 291 g/mol. The minimum absolute atomic E-state index is 0.0285. The summed E-state index contributed by atoms with van der Waals surface area (Å²) in [5, 5.41) is 9.74. The van der Waals surface area contributed by atoms with E-state index >= 15 is 0 Å². The summed E-state index contributed by atoms with van der Waals surface area (Å²) in [4.78, 5) is 33.6. The molecule has 114 valence electrons. The molecule has 1 amide bonds. The largest absolute Gasteiger partial charge is 0.393 e. The highest BCUT2D eigenvalue weighted by Gasteiger charge is 2.32. The topological polar surface area (TPSA) is 86.3 Å². The van der Waals surface area contributed by atoms with E-state index in [1.165, 1.54) is 0 Å². The van der Waals surface area contributed by atoms with E-state index < -0.39 is 0 Å². The van der Waals surface area contributed by atoms with Crippen molar-refractivity contribution in [2.75, 3.05) is 13.1 Å². The van der Waals surface area contributed by atoms with Crippen LogP contribution >= 0.6 is 0 Å². The summed E-state index contributed by atoms with van der Waals surface area (Å²) in [6.45, 7) is 4.59. The Balaban J connectivity index is 1.86. The molecule has 1 aromatic rings. The highest BCUT2D eigenvalue weighted by molar-refractivity contribution is 5.94. The Kier molecular flexibility index (Phi) is 3.57. The van der Waals surface area contributed by atoms with E-state index in [0.717, 1.165) is 12.8 Å². The molecular weight excluding hydrogens is 270 g/mol. The quantitative estimate of drug-likeness (QED) is 0.844. The normalized spacial score (nSPS) is 26.0. The number of aliphatic hydroxyl groups excluding tert-OH is 1. The van der Waals surface area contributed by atoms with Crippen molar-refractivity contribution in [2.24, 2.45) is 5.92 Å². The SMILES string of the molecule is Cc1nc(C2CC2)[nH]c(=O)c1C(=O)N1CCC(O)C(C)C1. The van der Waals surface area contributed by atoms with Crippen LogP contribution in [0.1, 0.15) is 54.0 Å². The van der Waals surface area contributed by atoms with Crippen molar-refractivity contribution in [2.45, 2.75) is 45.1 Å². The Labute approximate surface area is 123 Å². The number of aromatic nitrogens is 2. The van der Waals surface area contributed by atoms with Crippen LogP contribution in [0.5, 0.6) is 0 Å². The van der Waals surface area contributed by atoms with E-state index in [1.807, 2.05) is 6.92 Å². The van der Waals surface area contributed by atoms with Crippen LogP contribution in [0.15, 0.2) is 4.79 Å². The van der Waals surface area contributed by atoms with Crippen molar-refractivity contribution in [3.63, 3.8) is 0 Å². The number of nitrogens with zero attached hydrogens (tertiary/aromatic N) is 2. The maximum Gasteiger partial charge on any atom is 0.264 e. The first-order valence-electron chi connectivity index (χ1n) is 7.55. The molecule has 0 spiro atoms. The van der Waals surface area contributed by atoms with Crippen molar-refractivity contribution in [3.8, 4) is 0 Å². The second kappa shape index (κ2) is 5.26. The molecule has 6 heteroatoms. The van der Waals surface area contributed by atoms with Crippen molar-refractivity contribution in [1.82, 2.24) is 14.9 Å². The van der Waals surface area contributed by atoms with E-state index in [0.29, 0.717) is 36.9 Å². The maximum atomic E-state index is 12.6. The third-order valence-corrected chi connectivity index (χ3v) is 4.44. The highest BCUT2D eigenvalue weighted by Crippen LogP contribution is 2.37. The Morgan fingerprint density at radius 2 is 2.10 bits per heavy atom. The van der Waals surface area contributed by atoms with Crippen LogP contribution in [0.4, 0.5) is 0 Å². The Hall–Kier alpha value is -1.69. The van der Waals surface area contributed by atoms with E-state index in [1.54, 1.807) is 11.8 Å². The molecule has 2 aliphatic rings. The number of hydrogen-bond donors (Lipinski definition) is 2. The van der Waals surface area contributed by atoms with Crippen LogP contribution in [0.3, 0.4) is 0 Å². The molecule has 0 radical (unpaired) electrons. The first kappa shape index (κ1) is 14.3. The number of nitrogens with one attached hydrogen (secondary N) is 1. The van der Waals surface area contributed by atoms with Gasteiger partial charge in [-0.25, -0.2) is 4.98 Å². The molecule has 21 heavy (non-hydrogen) atoms. The van der Waals surface area contributed by atoms with Gasteiger partial charge in [0.05, 0.1) is 11.8 Å². The monoisotopic (exact) mass is 291 g/mol. The van der Waals surface area contributed by atoms with Gasteiger partial charge in [0, 0.05) is 19.0 Å². The molecular formula is C15H21N3O3. The van der Waals surface area contributed by atoms with E-state index in [4.69, 9.17) is 0 Å². The van der Waals surface area contributed by atoms with Gasteiger partial charge in [0.15, 0.2) is 0 Å². The number of aliphatic hydroxyl groups is 1. The van der Waals surface area contributed by atoms with Gasteiger partial charge in [-0.1, -0.05) is 6.92 Å². The van der Waals surface area contributed by atoms with Crippen molar-refractivity contribution in [1.29, 1.82) is 0 Å². The summed E-state index contributed by atoms with van der Waals surface area (Å²) in [5.74, 6) is 0.810. The second-order valence-corrected chi connectivity index (χ2v) is 6.27. The second-order valence-electron chi connectivity index (χ2n) is 6.27. The van der Waals surface area contributed by atoms with Gasteiger partial charge < -0.3 is 15.0 Å². The summed E-state index contributed by atoms with van der Waals surface area (Å²) in [5.41, 5.74) is 0.306. The van der Waals surface area contributed by atoms with Gasteiger partial charge in [-0.3, -0.25) is 9.59 Å². The maximum absolute atomic E-state index is 12.6. The lowest BCUT2D eigenvalue weighted by molar-refractivity contribution is 0.0296.